The van der Waals surface area contributed by atoms with Crippen molar-refractivity contribution in [1.29, 1.82) is 0 Å². The third-order valence-electron chi connectivity index (χ3n) is 2.95. The maximum Gasteiger partial charge on any atom is 0.194 e. The highest BCUT2D eigenvalue weighted by Gasteiger charge is 2.28. The van der Waals surface area contributed by atoms with E-state index < -0.39 is 0 Å². The van der Waals surface area contributed by atoms with Crippen LogP contribution >= 0.6 is 11.3 Å². The van der Waals surface area contributed by atoms with E-state index in [-0.39, 0.29) is 11.7 Å². The molecule has 1 saturated carbocycles. The first-order chi connectivity index (χ1) is 7.22. The Hall–Kier alpha value is -0.740. The van der Waals surface area contributed by atoms with Crippen molar-refractivity contribution in [2.75, 3.05) is 6.54 Å². The number of nitrogens with zero attached hydrogens (tertiary/aromatic N) is 1. The molecular weight excluding hydrogens is 208 g/mol. The Morgan fingerprint density at radius 3 is 2.87 bits per heavy atom. The Labute approximate surface area is 93.7 Å². The van der Waals surface area contributed by atoms with Gasteiger partial charge in [0.25, 0.3) is 0 Å². The normalized spacial score (nSPS) is 16.4. The maximum absolute atomic E-state index is 11.9. The summed E-state index contributed by atoms with van der Waals surface area (Å²) < 4.78 is 0. The first-order valence-corrected chi connectivity index (χ1v) is 6.24. The van der Waals surface area contributed by atoms with Gasteiger partial charge in [-0.15, -0.1) is 11.3 Å². The molecule has 1 aliphatic rings. The molecule has 1 aromatic heterocycles. The summed E-state index contributed by atoms with van der Waals surface area (Å²) in [6.45, 7) is 2.58. The highest BCUT2D eigenvalue weighted by Crippen LogP contribution is 2.31. The van der Waals surface area contributed by atoms with E-state index in [0.29, 0.717) is 11.6 Å². The highest BCUT2D eigenvalue weighted by atomic mass is 32.1. The number of hydrogen-bond acceptors (Lipinski definition) is 4. The molecule has 0 unspecified atom stereocenters. The van der Waals surface area contributed by atoms with Crippen molar-refractivity contribution in [3.05, 3.63) is 15.6 Å². The number of Topliss-reactive ketones (excluding diaryl/α,β-unsaturated/α-hetero) is 1. The van der Waals surface area contributed by atoms with Gasteiger partial charge >= 0.3 is 0 Å². The number of aryl methyl sites for hydroxylation is 1. The van der Waals surface area contributed by atoms with Gasteiger partial charge in [0.2, 0.25) is 0 Å². The van der Waals surface area contributed by atoms with Crippen LogP contribution in [-0.4, -0.2) is 17.3 Å². The molecule has 0 saturated heterocycles. The van der Waals surface area contributed by atoms with Crippen LogP contribution in [0.3, 0.4) is 0 Å². The van der Waals surface area contributed by atoms with Crippen LogP contribution in [0.15, 0.2) is 0 Å². The lowest BCUT2D eigenvalue weighted by Gasteiger charge is -2.22. The lowest BCUT2D eigenvalue weighted by molar-refractivity contribution is 0.0854. The molecule has 0 aromatic carbocycles. The largest absolute Gasteiger partial charge is 0.330 e. The fraction of sp³-hybridized carbons (Fsp3) is 0.636. The predicted octanol–water partition coefficient (Wildman–Crippen LogP) is 1.94. The van der Waals surface area contributed by atoms with Crippen LogP contribution < -0.4 is 5.73 Å². The molecule has 4 heteroatoms. The van der Waals surface area contributed by atoms with E-state index in [1.807, 2.05) is 6.92 Å². The minimum atomic E-state index is 0.248. The summed E-state index contributed by atoms with van der Waals surface area (Å²) in [5, 5.41) is 0.695. The zero-order chi connectivity index (χ0) is 10.8. The van der Waals surface area contributed by atoms with Crippen molar-refractivity contribution in [3.8, 4) is 0 Å². The first-order valence-electron chi connectivity index (χ1n) is 5.43. The number of aromatic nitrogens is 1. The number of ketones is 1. The van der Waals surface area contributed by atoms with Crippen molar-refractivity contribution in [2.45, 2.75) is 32.6 Å². The van der Waals surface area contributed by atoms with Crippen molar-refractivity contribution in [3.63, 3.8) is 0 Å². The number of carbonyl (C=O) groups is 1. The Kier molecular flexibility index (Phi) is 3.17. The van der Waals surface area contributed by atoms with Gasteiger partial charge in [-0.25, -0.2) is 4.98 Å². The first kappa shape index (κ1) is 10.8. The summed E-state index contributed by atoms with van der Waals surface area (Å²) in [7, 11) is 0. The molecule has 0 amide bonds. The summed E-state index contributed by atoms with van der Waals surface area (Å²) in [4.78, 5) is 17.4. The highest BCUT2D eigenvalue weighted by molar-refractivity contribution is 7.13. The van der Waals surface area contributed by atoms with E-state index in [4.69, 9.17) is 5.73 Å². The van der Waals surface area contributed by atoms with Gasteiger partial charge in [-0.3, -0.25) is 4.79 Å². The molecule has 15 heavy (non-hydrogen) atoms. The molecule has 2 N–H and O–H groups in total. The third kappa shape index (κ3) is 2.11. The fourth-order valence-electron chi connectivity index (χ4n) is 1.74. The summed E-state index contributed by atoms with van der Waals surface area (Å²) in [6, 6.07) is 0. The van der Waals surface area contributed by atoms with Gasteiger partial charge in [0.05, 0.1) is 5.69 Å². The molecule has 0 atom stereocenters. The van der Waals surface area contributed by atoms with E-state index in [1.54, 1.807) is 0 Å². The molecule has 1 aliphatic carbocycles. The standard InChI is InChI=1S/C11H16N2OS/c1-7-9(5-6-12)15-11(13-7)10(14)8-3-2-4-8/h8H,2-6,12H2,1H3. The lowest BCUT2D eigenvalue weighted by atomic mass is 9.82. The van der Waals surface area contributed by atoms with Crippen molar-refractivity contribution < 1.29 is 4.79 Å². The van der Waals surface area contributed by atoms with Gasteiger partial charge in [-0.05, 0) is 32.7 Å². The minimum Gasteiger partial charge on any atom is -0.330 e. The summed E-state index contributed by atoms with van der Waals surface area (Å²) in [5.41, 5.74) is 6.49. The summed E-state index contributed by atoms with van der Waals surface area (Å²) in [5.74, 6) is 0.499. The van der Waals surface area contributed by atoms with Gasteiger partial charge in [0.1, 0.15) is 0 Å². The number of carbonyl (C=O) groups excluding carboxylic acids is 1. The van der Waals surface area contributed by atoms with Gasteiger partial charge < -0.3 is 5.73 Å². The fourth-order valence-corrected chi connectivity index (χ4v) is 2.84. The van der Waals surface area contributed by atoms with Crippen LogP contribution in [0, 0.1) is 12.8 Å². The second kappa shape index (κ2) is 4.41. The monoisotopic (exact) mass is 224 g/mol. The average Bonchev–Trinajstić information content (AvgIpc) is 2.46. The van der Waals surface area contributed by atoms with E-state index in [1.165, 1.54) is 22.6 Å². The van der Waals surface area contributed by atoms with E-state index >= 15 is 0 Å². The van der Waals surface area contributed by atoms with E-state index in [2.05, 4.69) is 4.98 Å². The third-order valence-corrected chi connectivity index (χ3v) is 4.18. The molecule has 1 heterocycles. The summed E-state index contributed by atoms with van der Waals surface area (Å²) in [6.07, 6.45) is 4.12. The van der Waals surface area contributed by atoms with Crippen LogP contribution in [0.4, 0.5) is 0 Å². The van der Waals surface area contributed by atoms with Crippen molar-refractivity contribution in [1.82, 2.24) is 4.98 Å². The van der Waals surface area contributed by atoms with Gasteiger partial charge in [-0.2, -0.15) is 0 Å². The van der Waals surface area contributed by atoms with Gasteiger partial charge in [0, 0.05) is 10.8 Å². The predicted molar refractivity (Wildman–Crippen MR) is 61.3 cm³/mol. The van der Waals surface area contributed by atoms with Crippen molar-refractivity contribution >= 4 is 17.1 Å². The molecule has 0 spiro atoms. The zero-order valence-corrected chi connectivity index (χ0v) is 9.77. The number of thiazole rings is 1. The van der Waals surface area contributed by atoms with Gasteiger partial charge in [-0.1, -0.05) is 6.42 Å². The van der Waals surface area contributed by atoms with E-state index in [0.717, 1.165) is 25.0 Å². The molecule has 2 rings (SSSR count). The maximum atomic E-state index is 11.9. The Morgan fingerprint density at radius 1 is 1.60 bits per heavy atom. The van der Waals surface area contributed by atoms with Crippen LogP contribution in [0.2, 0.25) is 0 Å². The smallest absolute Gasteiger partial charge is 0.194 e. The molecule has 82 valence electrons. The number of rotatable bonds is 4. The molecule has 1 fully saturated rings. The minimum absolute atomic E-state index is 0.248. The Morgan fingerprint density at radius 2 is 2.33 bits per heavy atom. The molecule has 0 radical (unpaired) electrons. The zero-order valence-electron chi connectivity index (χ0n) is 8.95. The topological polar surface area (TPSA) is 56.0 Å². The van der Waals surface area contributed by atoms with Crippen LogP contribution in [-0.2, 0) is 6.42 Å². The SMILES string of the molecule is Cc1nc(C(=O)C2CCC2)sc1CCN. The second-order valence-corrected chi connectivity index (χ2v) is 5.14. The Balaban J connectivity index is 2.14. The quantitative estimate of drug-likeness (QED) is 0.795. The molecule has 1 aromatic rings. The lowest BCUT2D eigenvalue weighted by Crippen LogP contribution is -2.21. The second-order valence-electron chi connectivity index (χ2n) is 4.06. The van der Waals surface area contributed by atoms with Crippen LogP contribution in [0.5, 0.6) is 0 Å². The number of nitrogens with two attached hydrogens (primary N) is 1. The average molecular weight is 224 g/mol. The van der Waals surface area contributed by atoms with Crippen LogP contribution in [0.1, 0.15) is 39.6 Å². The van der Waals surface area contributed by atoms with E-state index in [9.17, 15) is 4.79 Å². The molecule has 3 nitrogen and oxygen atoms in total. The molecule has 0 bridgehead atoms. The molecule has 0 aliphatic heterocycles. The van der Waals surface area contributed by atoms with Crippen molar-refractivity contribution in [2.24, 2.45) is 11.7 Å². The molecular formula is C11H16N2OS. The van der Waals surface area contributed by atoms with Gasteiger partial charge in [0.15, 0.2) is 10.8 Å². The Bertz CT molecular complexity index is 369. The number of hydrogen-bond donors (Lipinski definition) is 1. The summed E-state index contributed by atoms with van der Waals surface area (Å²) >= 11 is 1.53. The van der Waals surface area contributed by atoms with Crippen LogP contribution in [0.25, 0.3) is 0 Å².